The minimum absolute atomic E-state index is 0.0704. The lowest BCUT2D eigenvalue weighted by Crippen LogP contribution is -2.46. The molecule has 4 rings (SSSR count). The van der Waals surface area contributed by atoms with Crippen LogP contribution in [0, 0.1) is 5.92 Å². The van der Waals surface area contributed by atoms with Crippen LogP contribution in [0.3, 0.4) is 0 Å². The summed E-state index contributed by atoms with van der Waals surface area (Å²) < 4.78 is 59.3. The van der Waals surface area contributed by atoms with Gasteiger partial charge in [-0.05, 0) is 55.4 Å². The van der Waals surface area contributed by atoms with E-state index < -0.39 is 29.0 Å². The number of nitrogens with zero attached hydrogens (tertiary/aromatic N) is 1. The number of hydrogen-bond acceptors (Lipinski definition) is 4. The third-order valence-corrected chi connectivity index (χ3v) is 7.17. The number of hydrogen-bond donors (Lipinski definition) is 3. The molecule has 11 heteroatoms. The van der Waals surface area contributed by atoms with Gasteiger partial charge in [0.15, 0.2) is 11.2 Å². The molecule has 1 aliphatic carbocycles. The molecule has 2 fully saturated rings. The summed E-state index contributed by atoms with van der Waals surface area (Å²) in [6, 6.07) is 3.53. The van der Waals surface area contributed by atoms with Crippen molar-refractivity contribution in [3.05, 3.63) is 34.9 Å². The molecule has 7 nitrogen and oxygen atoms in total. The first-order valence-electron chi connectivity index (χ1n) is 12.4. The van der Waals surface area contributed by atoms with Gasteiger partial charge in [0.1, 0.15) is 0 Å². The van der Waals surface area contributed by atoms with Gasteiger partial charge in [0, 0.05) is 44.3 Å². The Hall–Kier alpha value is -1.53. The molecule has 1 amide bonds. The van der Waals surface area contributed by atoms with E-state index in [9.17, 15) is 22.2 Å². The number of rotatable bonds is 5. The molecule has 198 valence electrons. The maximum Gasteiger partial charge on any atom is 0.416 e. The molecule has 0 aromatic heterocycles. The standard InChI is InChI=1S/C21H29F3N4O3S.C3H8/c22-21(23,24)15-2-4-18-14(9-15)11-28(12-19(18)27-32(25)30)20(29)13-1-3-17(10-13)26-16-5-7-31-8-6-16;1-3-2/h2,4,9,13,16-17,19,26-27H,1,3,5-8,10-12,25H2;3H2,1-2H3. The highest BCUT2D eigenvalue weighted by Crippen LogP contribution is 2.36. The van der Waals surface area contributed by atoms with Crippen LogP contribution < -0.4 is 15.2 Å². The number of ether oxygens (including phenoxy) is 1. The molecule has 1 saturated heterocycles. The van der Waals surface area contributed by atoms with Crippen LogP contribution in [0.25, 0.3) is 0 Å². The normalized spacial score (nSPS) is 26.0. The maximum absolute atomic E-state index is 13.3. The fourth-order valence-corrected chi connectivity index (χ4v) is 5.55. The van der Waals surface area contributed by atoms with Crippen molar-refractivity contribution in [2.45, 2.75) is 83.2 Å². The van der Waals surface area contributed by atoms with Crippen molar-refractivity contribution in [2.24, 2.45) is 11.1 Å². The molecule has 0 radical (unpaired) electrons. The summed E-state index contributed by atoms with van der Waals surface area (Å²) in [5, 5.41) is 9.03. The van der Waals surface area contributed by atoms with Crippen LogP contribution >= 0.6 is 0 Å². The Morgan fingerprint density at radius 2 is 1.86 bits per heavy atom. The van der Waals surface area contributed by atoms with Crippen molar-refractivity contribution in [2.75, 3.05) is 19.8 Å². The zero-order valence-corrected chi connectivity index (χ0v) is 21.2. The SMILES string of the molecule is CCC.NS(=O)NC1CN(C(=O)C2CCC(NC3CCOCC3)C2)Cc2cc(C(F)(F)F)ccc21. The van der Waals surface area contributed by atoms with Gasteiger partial charge < -0.3 is 15.0 Å². The average Bonchev–Trinajstić information content (AvgIpc) is 3.26. The summed E-state index contributed by atoms with van der Waals surface area (Å²) in [6.07, 6.45) is 1.04. The van der Waals surface area contributed by atoms with E-state index in [-0.39, 0.29) is 31.0 Å². The van der Waals surface area contributed by atoms with Gasteiger partial charge in [-0.25, -0.2) is 14.1 Å². The van der Waals surface area contributed by atoms with Crippen molar-refractivity contribution in [1.29, 1.82) is 0 Å². The van der Waals surface area contributed by atoms with Gasteiger partial charge in [-0.1, -0.05) is 26.3 Å². The highest BCUT2D eigenvalue weighted by atomic mass is 32.2. The van der Waals surface area contributed by atoms with Crippen molar-refractivity contribution in [1.82, 2.24) is 14.9 Å². The Balaban J connectivity index is 0.00000108. The molecule has 4 N–H and O–H groups in total. The van der Waals surface area contributed by atoms with Crippen LogP contribution in [0.5, 0.6) is 0 Å². The lowest BCUT2D eigenvalue weighted by atomic mass is 9.92. The minimum Gasteiger partial charge on any atom is -0.381 e. The van der Waals surface area contributed by atoms with Crippen molar-refractivity contribution in [3.63, 3.8) is 0 Å². The number of fused-ring (bicyclic) bond motifs is 1. The van der Waals surface area contributed by atoms with Crippen molar-refractivity contribution in [3.8, 4) is 0 Å². The average molecular weight is 519 g/mol. The van der Waals surface area contributed by atoms with Gasteiger partial charge in [0.05, 0.1) is 11.6 Å². The molecule has 1 saturated carbocycles. The molecule has 0 bridgehead atoms. The molecule has 4 unspecified atom stereocenters. The second-order valence-corrected chi connectivity index (χ2v) is 10.4. The van der Waals surface area contributed by atoms with E-state index in [1.165, 1.54) is 12.5 Å². The van der Waals surface area contributed by atoms with Crippen molar-refractivity contribution < 1.29 is 26.9 Å². The van der Waals surface area contributed by atoms with E-state index in [2.05, 4.69) is 23.9 Å². The van der Waals surface area contributed by atoms with Gasteiger partial charge in [0.25, 0.3) is 0 Å². The highest BCUT2D eigenvalue weighted by Gasteiger charge is 2.38. The monoisotopic (exact) mass is 518 g/mol. The number of alkyl halides is 3. The number of benzene rings is 1. The molecule has 1 aromatic carbocycles. The predicted octanol–water partition coefficient (Wildman–Crippen LogP) is 3.57. The third kappa shape index (κ3) is 7.72. The van der Waals surface area contributed by atoms with E-state index in [4.69, 9.17) is 9.88 Å². The molecule has 3 aliphatic rings. The van der Waals surface area contributed by atoms with Crippen molar-refractivity contribution >= 4 is 17.1 Å². The fraction of sp³-hybridized carbons (Fsp3) is 0.708. The zero-order chi connectivity index (χ0) is 25.6. The lowest BCUT2D eigenvalue weighted by Gasteiger charge is -2.36. The molecule has 2 heterocycles. The second kappa shape index (κ2) is 12.6. The van der Waals surface area contributed by atoms with Crippen LogP contribution in [0.4, 0.5) is 13.2 Å². The number of halogens is 3. The first-order chi connectivity index (χ1) is 16.6. The van der Waals surface area contributed by atoms with E-state index in [1.807, 2.05) is 0 Å². The lowest BCUT2D eigenvalue weighted by molar-refractivity contribution is -0.137. The fourth-order valence-electron chi connectivity index (χ4n) is 5.07. The van der Waals surface area contributed by atoms with Crippen LogP contribution in [0.2, 0.25) is 0 Å². The Morgan fingerprint density at radius 1 is 1.17 bits per heavy atom. The van der Waals surface area contributed by atoms with E-state index >= 15 is 0 Å². The third-order valence-electron chi connectivity index (χ3n) is 6.65. The van der Waals surface area contributed by atoms with E-state index in [1.54, 1.807) is 4.90 Å². The summed E-state index contributed by atoms with van der Waals surface area (Å²) in [5.74, 6) is -0.248. The molecule has 4 atom stereocenters. The Labute approximate surface area is 208 Å². The number of amides is 1. The highest BCUT2D eigenvalue weighted by molar-refractivity contribution is 7.80. The molecular formula is C24H37F3N4O3S. The molecule has 35 heavy (non-hydrogen) atoms. The largest absolute Gasteiger partial charge is 0.416 e. The Morgan fingerprint density at radius 3 is 2.49 bits per heavy atom. The summed E-state index contributed by atoms with van der Waals surface area (Å²) in [7, 11) is 0. The van der Waals surface area contributed by atoms with Gasteiger partial charge in [0.2, 0.25) is 5.91 Å². The van der Waals surface area contributed by atoms with Gasteiger partial charge in [-0.15, -0.1) is 0 Å². The zero-order valence-electron chi connectivity index (χ0n) is 20.4. The molecule has 0 spiro atoms. The summed E-state index contributed by atoms with van der Waals surface area (Å²) in [5.41, 5.74) is 0.225. The van der Waals surface area contributed by atoms with Crippen LogP contribution in [0.1, 0.15) is 75.1 Å². The van der Waals surface area contributed by atoms with Gasteiger partial charge >= 0.3 is 6.18 Å². The first-order valence-corrected chi connectivity index (χ1v) is 13.6. The Bertz CT molecular complexity index is 880. The van der Waals surface area contributed by atoms with Crippen LogP contribution in [0.15, 0.2) is 18.2 Å². The molecule has 1 aromatic rings. The van der Waals surface area contributed by atoms with Gasteiger partial charge in [-0.3, -0.25) is 4.79 Å². The molecule has 2 aliphatic heterocycles. The summed E-state index contributed by atoms with van der Waals surface area (Å²) in [6.45, 7) is 6.06. The second-order valence-electron chi connectivity index (χ2n) is 9.57. The van der Waals surface area contributed by atoms with E-state index in [0.29, 0.717) is 23.6 Å². The smallest absolute Gasteiger partial charge is 0.381 e. The summed E-state index contributed by atoms with van der Waals surface area (Å²) in [4.78, 5) is 14.9. The maximum atomic E-state index is 13.3. The predicted molar refractivity (Wildman–Crippen MR) is 129 cm³/mol. The Kier molecular flexibility index (Phi) is 10.1. The van der Waals surface area contributed by atoms with Crippen LogP contribution in [-0.2, 0) is 33.4 Å². The minimum atomic E-state index is -4.48. The summed E-state index contributed by atoms with van der Waals surface area (Å²) >= 11 is -1.86. The first kappa shape index (κ1) is 28.0. The number of nitrogens with one attached hydrogen (secondary N) is 2. The quantitative estimate of drug-likeness (QED) is 0.555. The number of carbonyl (C=O) groups excluding carboxylic acids is 1. The van der Waals surface area contributed by atoms with Gasteiger partial charge in [-0.2, -0.15) is 13.2 Å². The topological polar surface area (TPSA) is 96.7 Å². The van der Waals surface area contributed by atoms with E-state index in [0.717, 1.165) is 51.0 Å². The molecular weight excluding hydrogens is 481 g/mol. The van der Waals surface area contributed by atoms with Crippen LogP contribution in [-0.4, -0.2) is 46.9 Å². The number of nitrogens with two attached hydrogens (primary N) is 1. The number of carbonyl (C=O) groups is 1.